The Morgan fingerprint density at radius 1 is 1.10 bits per heavy atom. The number of sulfonamides is 1. The molecule has 1 aromatic carbocycles. The third kappa shape index (κ3) is 4.37. The number of hydrogen-bond acceptors (Lipinski definition) is 4. The lowest BCUT2D eigenvalue weighted by Gasteiger charge is -2.26. The predicted octanol–water partition coefficient (Wildman–Crippen LogP) is 3.27. The van der Waals surface area contributed by atoms with Crippen LogP contribution in [-0.2, 0) is 14.8 Å². The van der Waals surface area contributed by atoms with E-state index in [1.165, 1.54) is 24.3 Å². The lowest BCUT2D eigenvalue weighted by molar-refractivity contribution is -0.135. The van der Waals surface area contributed by atoms with Gasteiger partial charge in [0.25, 0.3) is 10.0 Å². The molecule has 2 heterocycles. The van der Waals surface area contributed by atoms with Gasteiger partial charge in [0.05, 0.1) is 0 Å². The first-order chi connectivity index (χ1) is 13.8. The lowest BCUT2D eigenvalue weighted by atomic mass is 10.0. The molecule has 0 unspecified atom stereocenters. The predicted molar refractivity (Wildman–Crippen MR) is 112 cm³/mol. The zero-order valence-corrected chi connectivity index (χ0v) is 18.0. The van der Waals surface area contributed by atoms with Crippen LogP contribution in [-0.4, -0.2) is 56.1 Å². The fourth-order valence-corrected chi connectivity index (χ4v) is 5.51. The van der Waals surface area contributed by atoms with Crippen molar-refractivity contribution in [2.75, 3.05) is 26.2 Å². The van der Waals surface area contributed by atoms with Gasteiger partial charge in [-0.1, -0.05) is 26.0 Å². The van der Waals surface area contributed by atoms with E-state index in [1.807, 2.05) is 23.6 Å². The summed E-state index contributed by atoms with van der Waals surface area (Å²) < 4.78 is 42.7. The van der Waals surface area contributed by atoms with Gasteiger partial charge in [-0.15, -0.1) is 4.40 Å². The maximum Gasteiger partial charge on any atom is 0.285 e. The Hall–Kier alpha value is -2.22. The van der Waals surface area contributed by atoms with Gasteiger partial charge in [0, 0.05) is 37.7 Å². The molecule has 1 fully saturated rings. The van der Waals surface area contributed by atoms with Gasteiger partial charge < -0.3 is 9.80 Å². The summed E-state index contributed by atoms with van der Waals surface area (Å²) in [6, 6.07) is 5.41. The topological polar surface area (TPSA) is 70.1 Å². The summed E-state index contributed by atoms with van der Waals surface area (Å²) in [5.41, 5.74) is 0.999. The van der Waals surface area contributed by atoms with Crippen LogP contribution >= 0.6 is 0 Å². The Kier molecular flexibility index (Phi) is 6.41. The summed E-state index contributed by atoms with van der Waals surface area (Å²) >= 11 is 0. The molecule has 8 heteroatoms. The number of carbonyl (C=O) groups excluding carboxylic acids is 1. The molecule has 0 aromatic heterocycles. The fourth-order valence-electron chi connectivity index (χ4n) is 4.03. The standard InChI is InChI=1S/C21H28FN3O3S/c1-4-16(5-2)21(26)25-12-6-11-24(13-14-25)20-15(3)19(29(27,28)23-20)17-7-9-18(22)10-8-17/h7-10,16H,4-6,11-14H2,1-3H3. The van der Waals surface area contributed by atoms with Crippen molar-refractivity contribution in [1.29, 1.82) is 0 Å². The zero-order chi connectivity index (χ0) is 21.2. The van der Waals surface area contributed by atoms with E-state index in [4.69, 9.17) is 0 Å². The highest BCUT2D eigenvalue weighted by Crippen LogP contribution is 2.34. The van der Waals surface area contributed by atoms with Crippen molar-refractivity contribution in [2.45, 2.75) is 40.0 Å². The second-order valence-corrected chi connectivity index (χ2v) is 9.07. The van der Waals surface area contributed by atoms with Crippen molar-refractivity contribution in [1.82, 2.24) is 9.80 Å². The second-order valence-electron chi connectivity index (χ2n) is 7.53. The van der Waals surface area contributed by atoms with E-state index in [2.05, 4.69) is 4.40 Å². The van der Waals surface area contributed by atoms with E-state index in [0.717, 1.165) is 19.3 Å². The molecule has 0 N–H and O–H groups in total. The van der Waals surface area contributed by atoms with Crippen LogP contribution in [0.4, 0.5) is 4.39 Å². The summed E-state index contributed by atoms with van der Waals surface area (Å²) in [5, 5.41) is 0. The van der Waals surface area contributed by atoms with Crippen LogP contribution in [0.15, 0.2) is 34.2 Å². The lowest BCUT2D eigenvalue weighted by Crippen LogP contribution is -2.39. The van der Waals surface area contributed by atoms with Gasteiger partial charge in [-0.3, -0.25) is 4.79 Å². The van der Waals surface area contributed by atoms with Crippen molar-refractivity contribution in [3.05, 3.63) is 41.2 Å². The third-order valence-electron chi connectivity index (χ3n) is 5.69. The highest BCUT2D eigenvalue weighted by Gasteiger charge is 2.34. The Labute approximate surface area is 172 Å². The van der Waals surface area contributed by atoms with Crippen molar-refractivity contribution in [3.8, 4) is 0 Å². The van der Waals surface area contributed by atoms with Gasteiger partial charge in [-0.25, -0.2) is 4.39 Å². The van der Waals surface area contributed by atoms with Crippen LogP contribution < -0.4 is 0 Å². The van der Waals surface area contributed by atoms with Crippen molar-refractivity contribution in [2.24, 2.45) is 10.3 Å². The van der Waals surface area contributed by atoms with Gasteiger partial charge in [-0.05, 0) is 43.9 Å². The molecule has 1 amide bonds. The van der Waals surface area contributed by atoms with Gasteiger partial charge in [0.15, 0.2) is 0 Å². The average Bonchev–Trinajstić information content (AvgIpc) is 2.84. The highest BCUT2D eigenvalue weighted by atomic mass is 32.2. The summed E-state index contributed by atoms with van der Waals surface area (Å²) in [6.07, 6.45) is 2.40. The molecule has 1 aromatic rings. The Balaban J connectivity index is 1.82. The van der Waals surface area contributed by atoms with Crippen LogP contribution in [0, 0.1) is 11.7 Å². The first-order valence-electron chi connectivity index (χ1n) is 10.1. The maximum absolute atomic E-state index is 13.3. The molecule has 0 spiro atoms. The normalized spacial score (nSPS) is 19.6. The minimum absolute atomic E-state index is 0.0393. The molecular weight excluding hydrogens is 393 g/mol. The number of halogens is 1. The molecule has 0 atom stereocenters. The fraction of sp³-hybridized carbons (Fsp3) is 0.524. The minimum atomic E-state index is -3.84. The van der Waals surface area contributed by atoms with Crippen LogP contribution in [0.2, 0.25) is 0 Å². The summed E-state index contributed by atoms with van der Waals surface area (Å²) in [6.45, 7) is 8.18. The number of hydrogen-bond donors (Lipinski definition) is 0. The molecule has 0 saturated carbocycles. The summed E-state index contributed by atoms with van der Waals surface area (Å²) in [7, 11) is -3.84. The van der Waals surface area contributed by atoms with Gasteiger partial charge in [0.2, 0.25) is 5.91 Å². The van der Waals surface area contributed by atoms with E-state index in [-0.39, 0.29) is 16.7 Å². The molecule has 1 saturated heterocycles. The molecular formula is C21H28FN3O3S. The molecule has 0 bridgehead atoms. The number of amides is 1. The molecule has 29 heavy (non-hydrogen) atoms. The molecule has 0 radical (unpaired) electrons. The first kappa shape index (κ1) is 21.5. The first-order valence-corrected chi connectivity index (χ1v) is 11.6. The Morgan fingerprint density at radius 2 is 1.76 bits per heavy atom. The zero-order valence-electron chi connectivity index (χ0n) is 17.2. The molecule has 158 valence electrons. The Morgan fingerprint density at radius 3 is 2.38 bits per heavy atom. The second kappa shape index (κ2) is 8.65. The number of amidine groups is 1. The number of benzene rings is 1. The van der Waals surface area contributed by atoms with Gasteiger partial charge in [0.1, 0.15) is 16.6 Å². The van der Waals surface area contributed by atoms with E-state index < -0.39 is 15.8 Å². The monoisotopic (exact) mass is 421 g/mol. The van der Waals surface area contributed by atoms with Crippen LogP contribution in [0.3, 0.4) is 0 Å². The molecule has 0 aliphatic carbocycles. The SMILES string of the molecule is CCC(CC)C(=O)N1CCCN(C2=NS(=O)(=O)C(c3ccc(F)cc3)=C2C)CC1. The number of rotatable bonds is 4. The number of nitrogens with zero attached hydrogens (tertiary/aromatic N) is 3. The smallest absolute Gasteiger partial charge is 0.285 e. The quantitative estimate of drug-likeness (QED) is 0.748. The van der Waals surface area contributed by atoms with Crippen LogP contribution in [0.5, 0.6) is 0 Å². The average molecular weight is 422 g/mol. The molecule has 3 rings (SSSR count). The number of carbonyl (C=O) groups is 1. The van der Waals surface area contributed by atoms with E-state index in [9.17, 15) is 17.6 Å². The van der Waals surface area contributed by atoms with Crippen LogP contribution in [0.1, 0.15) is 45.6 Å². The largest absolute Gasteiger partial charge is 0.354 e. The van der Waals surface area contributed by atoms with Crippen LogP contribution in [0.25, 0.3) is 4.91 Å². The summed E-state index contributed by atoms with van der Waals surface area (Å²) in [5.74, 6) is 0.231. The molecule has 2 aliphatic rings. The van der Waals surface area contributed by atoms with Crippen molar-refractivity contribution in [3.63, 3.8) is 0 Å². The minimum Gasteiger partial charge on any atom is -0.354 e. The van der Waals surface area contributed by atoms with E-state index in [1.54, 1.807) is 6.92 Å². The summed E-state index contributed by atoms with van der Waals surface area (Å²) in [4.78, 5) is 16.7. The van der Waals surface area contributed by atoms with Gasteiger partial charge in [-0.2, -0.15) is 8.42 Å². The van der Waals surface area contributed by atoms with Crippen molar-refractivity contribution >= 4 is 26.7 Å². The molecule has 6 nitrogen and oxygen atoms in total. The van der Waals surface area contributed by atoms with Gasteiger partial charge >= 0.3 is 0 Å². The highest BCUT2D eigenvalue weighted by molar-refractivity contribution is 8.00. The maximum atomic E-state index is 13.3. The Bertz CT molecular complexity index is 934. The third-order valence-corrected chi connectivity index (χ3v) is 7.16. The van der Waals surface area contributed by atoms with Crippen molar-refractivity contribution < 1.29 is 17.6 Å². The molecule has 2 aliphatic heterocycles. The van der Waals surface area contributed by atoms with E-state index >= 15 is 0 Å². The van der Waals surface area contributed by atoms with E-state index in [0.29, 0.717) is 43.2 Å².